The van der Waals surface area contributed by atoms with E-state index in [1.165, 1.54) is 4.57 Å². The summed E-state index contributed by atoms with van der Waals surface area (Å²) in [5, 5.41) is 0. The van der Waals surface area contributed by atoms with Gasteiger partial charge in [0.2, 0.25) is 0 Å². The third-order valence-electron chi connectivity index (χ3n) is 3.19. The van der Waals surface area contributed by atoms with Gasteiger partial charge in [0.1, 0.15) is 6.04 Å². The van der Waals surface area contributed by atoms with Gasteiger partial charge in [0.05, 0.1) is 12.1 Å². The van der Waals surface area contributed by atoms with E-state index >= 15 is 0 Å². The Labute approximate surface area is 117 Å². The van der Waals surface area contributed by atoms with Crippen molar-refractivity contribution in [2.24, 2.45) is 5.92 Å². The lowest BCUT2D eigenvalue weighted by atomic mass is 10.1. The van der Waals surface area contributed by atoms with Crippen molar-refractivity contribution < 1.29 is 13.9 Å². The fraction of sp³-hybridized carbons (Fsp3) is 0.467. The van der Waals surface area contributed by atoms with Crippen LogP contribution in [0.4, 0.5) is 0 Å². The number of carbonyl (C=O) groups excluding carboxylic acids is 1. The van der Waals surface area contributed by atoms with Gasteiger partial charge in [-0.05, 0) is 31.4 Å². The molecule has 0 spiro atoms. The van der Waals surface area contributed by atoms with Gasteiger partial charge in [-0.2, -0.15) is 0 Å². The maximum atomic E-state index is 12.0. The first kappa shape index (κ1) is 14.4. The van der Waals surface area contributed by atoms with E-state index < -0.39 is 17.8 Å². The first-order valence-electron chi connectivity index (χ1n) is 6.77. The van der Waals surface area contributed by atoms with Gasteiger partial charge in [0.25, 0.3) is 0 Å². The van der Waals surface area contributed by atoms with Crippen LogP contribution in [0.25, 0.3) is 11.1 Å². The molecule has 0 saturated carbocycles. The van der Waals surface area contributed by atoms with Gasteiger partial charge in [-0.1, -0.05) is 26.0 Å². The minimum Gasteiger partial charge on any atom is -0.464 e. The summed E-state index contributed by atoms with van der Waals surface area (Å²) in [6.07, 6.45) is 0.805. The lowest BCUT2D eigenvalue weighted by molar-refractivity contribution is -0.147. The standard InChI is InChI=1S/C15H19NO4/c1-10(2)8-9-19-14(17)11(3)16-12-6-4-5-7-13(12)20-15(16)18/h4-7,10-11H,8-9H2,1-3H3. The molecule has 20 heavy (non-hydrogen) atoms. The second-order valence-electron chi connectivity index (χ2n) is 5.23. The highest BCUT2D eigenvalue weighted by Crippen LogP contribution is 2.17. The van der Waals surface area contributed by atoms with Crippen LogP contribution in [0, 0.1) is 5.92 Å². The number of hydrogen-bond donors (Lipinski definition) is 0. The highest BCUT2D eigenvalue weighted by molar-refractivity contribution is 5.79. The third-order valence-corrected chi connectivity index (χ3v) is 3.19. The molecule has 1 heterocycles. The minimum absolute atomic E-state index is 0.366. The number of benzene rings is 1. The number of para-hydroxylation sites is 2. The number of oxazole rings is 1. The van der Waals surface area contributed by atoms with E-state index in [0.29, 0.717) is 23.6 Å². The smallest absolute Gasteiger partial charge is 0.420 e. The topological polar surface area (TPSA) is 61.4 Å². The fourth-order valence-corrected chi connectivity index (χ4v) is 1.97. The molecule has 108 valence electrons. The highest BCUT2D eigenvalue weighted by atomic mass is 16.5. The zero-order valence-corrected chi connectivity index (χ0v) is 12.0. The predicted molar refractivity (Wildman–Crippen MR) is 75.6 cm³/mol. The largest absolute Gasteiger partial charge is 0.464 e. The molecule has 1 unspecified atom stereocenters. The molecular formula is C15H19NO4. The fourth-order valence-electron chi connectivity index (χ4n) is 1.97. The van der Waals surface area contributed by atoms with E-state index in [2.05, 4.69) is 13.8 Å². The van der Waals surface area contributed by atoms with E-state index in [4.69, 9.17) is 9.15 Å². The van der Waals surface area contributed by atoms with Crippen LogP contribution >= 0.6 is 0 Å². The first-order chi connectivity index (χ1) is 9.50. The van der Waals surface area contributed by atoms with Gasteiger partial charge < -0.3 is 9.15 Å². The van der Waals surface area contributed by atoms with Gasteiger partial charge >= 0.3 is 11.7 Å². The molecule has 0 radical (unpaired) electrons. The molecule has 5 heteroatoms. The monoisotopic (exact) mass is 277 g/mol. The van der Waals surface area contributed by atoms with Gasteiger partial charge in [-0.25, -0.2) is 9.59 Å². The van der Waals surface area contributed by atoms with Gasteiger partial charge in [-0.15, -0.1) is 0 Å². The summed E-state index contributed by atoms with van der Waals surface area (Å²) in [5.41, 5.74) is 1.07. The van der Waals surface area contributed by atoms with Crippen LogP contribution in [-0.4, -0.2) is 17.1 Å². The molecule has 0 N–H and O–H groups in total. The molecule has 0 amide bonds. The molecule has 1 aromatic heterocycles. The Morgan fingerprint density at radius 3 is 2.70 bits per heavy atom. The molecule has 1 aromatic carbocycles. The molecule has 2 rings (SSSR count). The number of aromatic nitrogens is 1. The second kappa shape index (κ2) is 5.94. The summed E-state index contributed by atoms with van der Waals surface area (Å²) in [7, 11) is 0. The van der Waals surface area contributed by atoms with Crippen LogP contribution in [0.5, 0.6) is 0 Å². The Bertz CT molecular complexity index is 653. The second-order valence-corrected chi connectivity index (χ2v) is 5.23. The van der Waals surface area contributed by atoms with Crippen LogP contribution in [0.15, 0.2) is 33.5 Å². The normalized spacial score (nSPS) is 12.8. The summed E-state index contributed by atoms with van der Waals surface area (Å²) in [5.74, 6) is -0.491. The predicted octanol–water partition coefficient (Wildman–Crippen LogP) is 2.74. The van der Waals surface area contributed by atoms with E-state index in [9.17, 15) is 9.59 Å². The molecule has 0 bridgehead atoms. The SMILES string of the molecule is CC(C)CCOC(=O)C(C)n1c(=O)oc2ccccc21. The van der Waals surface area contributed by atoms with Crippen molar-refractivity contribution in [1.29, 1.82) is 0 Å². The van der Waals surface area contributed by atoms with Crippen molar-refractivity contribution in [2.45, 2.75) is 33.2 Å². The van der Waals surface area contributed by atoms with Gasteiger partial charge in [0, 0.05) is 0 Å². The number of esters is 1. The maximum absolute atomic E-state index is 12.0. The lowest BCUT2D eigenvalue weighted by Gasteiger charge is -2.13. The maximum Gasteiger partial charge on any atom is 0.420 e. The quantitative estimate of drug-likeness (QED) is 0.788. The summed E-state index contributed by atoms with van der Waals surface area (Å²) in [6.45, 7) is 6.13. The zero-order valence-electron chi connectivity index (χ0n) is 12.0. The summed E-state index contributed by atoms with van der Waals surface area (Å²) < 4.78 is 11.6. The Hall–Kier alpha value is -2.04. The average molecular weight is 277 g/mol. The number of carbonyl (C=O) groups is 1. The highest BCUT2D eigenvalue weighted by Gasteiger charge is 2.22. The molecule has 0 aliphatic rings. The summed E-state index contributed by atoms with van der Waals surface area (Å²) >= 11 is 0. The van der Waals surface area contributed by atoms with Crippen molar-refractivity contribution in [3.05, 3.63) is 34.8 Å². The number of fused-ring (bicyclic) bond motifs is 1. The first-order valence-corrected chi connectivity index (χ1v) is 6.77. The molecule has 0 aliphatic heterocycles. The lowest BCUT2D eigenvalue weighted by Crippen LogP contribution is -2.26. The van der Waals surface area contributed by atoms with Crippen molar-refractivity contribution >= 4 is 17.1 Å². The Morgan fingerprint density at radius 1 is 1.30 bits per heavy atom. The number of hydrogen-bond acceptors (Lipinski definition) is 4. The van der Waals surface area contributed by atoms with Crippen molar-refractivity contribution in [3.63, 3.8) is 0 Å². The van der Waals surface area contributed by atoms with Crippen LogP contribution in [0.3, 0.4) is 0 Å². The molecule has 5 nitrogen and oxygen atoms in total. The molecule has 0 saturated heterocycles. The summed E-state index contributed by atoms with van der Waals surface area (Å²) in [6, 6.07) is 6.33. The average Bonchev–Trinajstić information content (AvgIpc) is 2.73. The summed E-state index contributed by atoms with van der Waals surface area (Å²) in [4.78, 5) is 23.9. The van der Waals surface area contributed by atoms with Crippen LogP contribution < -0.4 is 5.76 Å². The van der Waals surface area contributed by atoms with Crippen molar-refractivity contribution in [1.82, 2.24) is 4.57 Å². The number of nitrogens with zero attached hydrogens (tertiary/aromatic N) is 1. The van der Waals surface area contributed by atoms with Gasteiger partial charge in [-0.3, -0.25) is 4.57 Å². The van der Waals surface area contributed by atoms with E-state index in [-0.39, 0.29) is 0 Å². The number of rotatable bonds is 5. The Balaban J connectivity index is 2.18. The van der Waals surface area contributed by atoms with Crippen LogP contribution in [0.2, 0.25) is 0 Å². The Morgan fingerprint density at radius 2 is 2.00 bits per heavy atom. The number of ether oxygens (including phenoxy) is 1. The van der Waals surface area contributed by atoms with Crippen molar-refractivity contribution in [2.75, 3.05) is 6.61 Å². The van der Waals surface area contributed by atoms with Crippen LogP contribution in [0.1, 0.15) is 33.2 Å². The zero-order chi connectivity index (χ0) is 14.7. The van der Waals surface area contributed by atoms with E-state index in [0.717, 1.165) is 6.42 Å². The molecule has 1 atom stereocenters. The van der Waals surface area contributed by atoms with E-state index in [1.807, 2.05) is 0 Å². The van der Waals surface area contributed by atoms with Crippen molar-refractivity contribution in [3.8, 4) is 0 Å². The molecule has 0 fully saturated rings. The Kier molecular flexibility index (Phi) is 4.27. The van der Waals surface area contributed by atoms with Gasteiger partial charge in [0.15, 0.2) is 5.58 Å². The van der Waals surface area contributed by atoms with E-state index in [1.54, 1.807) is 31.2 Å². The minimum atomic E-state index is -0.696. The molecule has 2 aromatic rings. The van der Waals surface area contributed by atoms with Crippen LogP contribution in [-0.2, 0) is 9.53 Å². The molecular weight excluding hydrogens is 258 g/mol. The third kappa shape index (κ3) is 2.92. The molecule has 0 aliphatic carbocycles.